The third-order valence-electron chi connectivity index (χ3n) is 8.55. The van der Waals surface area contributed by atoms with Crippen molar-refractivity contribution in [2.24, 2.45) is 5.92 Å². The Balaban J connectivity index is 1.22. The molecule has 1 unspecified atom stereocenters. The second-order valence-electron chi connectivity index (χ2n) is 11.7. The summed E-state index contributed by atoms with van der Waals surface area (Å²) in [5.74, 6) is 0.551. The minimum absolute atomic E-state index is 0.155. The average molecular weight is 641 g/mol. The lowest BCUT2D eigenvalue weighted by Gasteiger charge is -2.16. The SMILES string of the molecule is O=C(O)CNc1ccc(-n2cc(-c3ccc(Cl)cc3Cl)nc2Cc2ccc(-c3ccc(C(O)CC4CCCC4)cc3)cc2)cc1. The highest BCUT2D eigenvalue weighted by Crippen LogP contribution is 2.34. The van der Waals surface area contributed by atoms with E-state index in [-0.39, 0.29) is 6.54 Å². The number of carboxylic acid groups (broad SMARTS) is 1. The van der Waals surface area contributed by atoms with Crippen LogP contribution in [0.5, 0.6) is 0 Å². The molecule has 5 aromatic rings. The molecular weight excluding hydrogens is 605 g/mol. The van der Waals surface area contributed by atoms with Gasteiger partial charge in [-0.25, -0.2) is 4.98 Å². The van der Waals surface area contributed by atoms with Crippen molar-refractivity contribution < 1.29 is 15.0 Å². The average Bonchev–Trinajstić information content (AvgIpc) is 3.71. The lowest BCUT2D eigenvalue weighted by Crippen LogP contribution is -2.12. The van der Waals surface area contributed by atoms with Crippen LogP contribution in [0.25, 0.3) is 28.1 Å². The monoisotopic (exact) mass is 639 g/mol. The fourth-order valence-corrected chi connectivity index (χ4v) is 6.61. The number of halogens is 2. The molecule has 0 saturated heterocycles. The van der Waals surface area contributed by atoms with Gasteiger partial charge in [0.2, 0.25) is 0 Å². The summed E-state index contributed by atoms with van der Waals surface area (Å²) >= 11 is 12.7. The van der Waals surface area contributed by atoms with Crippen molar-refractivity contribution >= 4 is 34.9 Å². The number of imidazole rings is 1. The highest BCUT2D eigenvalue weighted by Gasteiger charge is 2.20. The Morgan fingerprint density at radius 1 is 0.911 bits per heavy atom. The van der Waals surface area contributed by atoms with Crippen LogP contribution in [0.15, 0.2) is 97.2 Å². The number of hydrogen-bond donors (Lipinski definition) is 3. The Labute approximate surface area is 273 Å². The summed E-state index contributed by atoms with van der Waals surface area (Å²) in [4.78, 5) is 15.9. The van der Waals surface area contributed by atoms with Crippen LogP contribution in [-0.4, -0.2) is 32.3 Å². The van der Waals surface area contributed by atoms with E-state index in [0.29, 0.717) is 22.4 Å². The summed E-state index contributed by atoms with van der Waals surface area (Å²) in [6.45, 7) is -0.155. The second-order valence-corrected chi connectivity index (χ2v) is 12.6. The van der Waals surface area contributed by atoms with Crippen LogP contribution in [0.1, 0.15) is 55.2 Å². The van der Waals surface area contributed by atoms with Crippen LogP contribution in [0.4, 0.5) is 5.69 Å². The molecule has 1 fully saturated rings. The maximum absolute atomic E-state index is 11.0. The van der Waals surface area contributed by atoms with Gasteiger partial charge in [-0.1, -0.05) is 97.4 Å². The van der Waals surface area contributed by atoms with E-state index in [4.69, 9.17) is 33.3 Å². The first-order chi connectivity index (χ1) is 21.8. The summed E-state index contributed by atoms with van der Waals surface area (Å²) in [5, 5.41) is 23.7. The van der Waals surface area contributed by atoms with Gasteiger partial charge in [-0.3, -0.25) is 4.79 Å². The van der Waals surface area contributed by atoms with Gasteiger partial charge in [0, 0.05) is 34.6 Å². The summed E-state index contributed by atoms with van der Waals surface area (Å²) in [7, 11) is 0. The van der Waals surface area contributed by atoms with E-state index in [1.165, 1.54) is 25.7 Å². The molecular formula is C37H35Cl2N3O3. The van der Waals surface area contributed by atoms with Crippen LogP contribution in [-0.2, 0) is 11.2 Å². The van der Waals surface area contributed by atoms with Gasteiger partial charge in [0.25, 0.3) is 0 Å². The van der Waals surface area contributed by atoms with Crippen LogP contribution in [0.3, 0.4) is 0 Å². The third-order valence-corrected chi connectivity index (χ3v) is 9.10. The van der Waals surface area contributed by atoms with Gasteiger partial charge in [-0.2, -0.15) is 0 Å². The van der Waals surface area contributed by atoms with Gasteiger partial charge < -0.3 is 20.1 Å². The smallest absolute Gasteiger partial charge is 0.322 e. The highest BCUT2D eigenvalue weighted by molar-refractivity contribution is 6.36. The number of aliphatic hydroxyl groups excluding tert-OH is 1. The van der Waals surface area contributed by atoms with E-state index in [9.17, 15) is 9.90 Å². The van der Waals surface area contributed by atoms with Crippen molar-refractivity contribution in [3.63, 3.8) is 0 Å². The molecule has 6 nitrogen and oxygen atoms in total. The Hall–Kier alpha value is -4.10. The molecule has 4 aromatic carbocycles. The van der Waals surface area contributed by atoms with Crippen LogP contribution >= 0.6 is 23.2 Å². The van der Waals surface area contributed by atoms with Crippen molar-refractivity contribution in [1.82, 2.24) is 9.55 Å². The lowest BCUT2D eigenvalue weighted by atomic mass is 9.94. The topological polar surface area (TPSA) is 87.4 Å². The van der Waals surface area contributed by atoms with E-state index in [0.717, 1.165) is 57.1 Å². The summed E-state index contributed by atoms with van der Waals surface area (Å²) < 4.78 is 2.03. The summed E-state index contributed by atoms with van der Waals surface area (Å²) in [6, 6.07) is 29.7. The normalized spacial score (nSPS) is 14.0. The van der Waals surface area contributed by atoms with Crippen molar-refractivity contribution in [2.45, 2.75) is 44.6 Å². The van der Waals surface area contributed by atoms with Crippen molar-refractivity contribution in [2.75, 3.05) is 11.9 Å². The molecule has 8 heteroatoms. The molecule has 0 aliphatic heterocycles. The molecule has 1 aliphatic rings. The maximum atomic E-state index is 11.0. The number of carboxylic acids is 1. The van der Waals surface area contributed by atoms with Crippen LogP contribution in [0.2, 0.25) is 10.0 Å². The van der Waals surface area contributed by atoms with Gasteiger partial charge in [-0.15, -0.1) is 0 Å². The van der Waals surface area contributed by atoms with Gasteiger partial charge in [0.1, 0.15) is 12.4 Å². The minimum Gasteiger partial charge on any atom is -0.480 e. The first-order valence-corrected chi connectivity index (χ1v) is 16.0. The first-order valence-electron chi connectivity index (χ1n) is 15.3. The largest absolute Gasteiger partial charge is 0.480 e. The van der Waals surface area contributed by atoms with Gasteiger partial charge in [-0.05, 0) is 77.1 Å². The highest BCUT2D eigenvalue weighted by atomic mass is 35.5. The molecule has 1 atom stereocenters. The van der Waals surface area contributed by atoms with Crippen molar-refractivity contribution in [1.29, 1.82) is 0 Å². The van der Waals surface area contributed by atoms with Crippen LogP contribution in [0, 0.1) is 5.92 Å². The molecule has 0 spiro atoms. The zero-order valence-corrected chi connectivity index (χ0v) is 26.3. The molecule has 0 amide bonds. The molecule has 1 saturated carbocycles. The predicted octanol–water partition coefficient (Wildman–Crippen LogP) is 9.21. The molecule has 0 bridgehead atoms. The number of hydrogen-bond acceptors (Lipinski definition) is 4. The van der Waals surface area contributed by atoms with Gasteiger partial charge in [0.15, 0.2) is 0 Å². The number of nitrogens with zero attached hydrogens (tertiary/aromatic N) is 2. The zero-order valence-electron chi connectivity index (χ0n) is 24.8. The molecule has 45 heavy (non-hydrogen) atoms. The molecule has 1 aliphatic carbocycles. The molecule has 0 radical (unpaired) electrons. The molecule has 1 heterocycles. The van der Waals surface area contributed by atoms with E-state index >= 15 is 0 Å². The number of nitrogens with one attached hydrogen (secondary N) is 1. The standard InChI is InChI=1S/C37H35Cl2N3O3/c38-29-13-18-32(33(39)21-29)34-23-42(31-16-14-30(15-17-31)40-22-37(44)45)36(41-34)20-25-5-7-26(8-6-25)27-9-11-28(12-10-27)35(43)19-24-3-1-2-4-24/h5-18,21,23-24,35,40,43H,1-4,19-20,22H2,(H,44,45). The molecule has 6 rings (SSSR count). The van der Waals surface area contributed by atoms with Gasteiger partial charge in [0.05, 0.1) is 16.8 Å². The first kappa shape index (κ1) is 30.9. The number of aliphatic carboxylic acids is 1. The Morgan fingerprint density at radius 3 is 2.22 bits per heavy atom. The maximum Gasteiger partial charge on any atom is 0.322 e. The Morgan fingerprint density at radius 2 is 1.58 bits per heavy atom. The Bertz CT molecular complexity index is 1760. The molecule has 230 valence electrons. The number of benzene rings is 4. The minimum atomic E-state index is -0.920. The van der Waals surface area contributed by atoms with Crippen molar-refractivity contribution in [3.05, 3.63) is 124 Å². The Kier molecular flexibility index (Phi) is 9.55. The van der Waals surface area contributed by atoms with Crippen LogP contribution < -0.4 is 5.32 Å². The van der Waals surface area contributed by atoms with E-state index < -0.39 is 12.1 Å². The van der Waals surface area contributed by atoms with Crippen molar-refractivity contribution in [3.8, 4) is 28.1 Å². The summed E-state index contributed by atoms with van der Waals surface area (Å²) in [6.07, 6.45) is 8.02. The van der Waals surface area contributed by atoms with E-state index in [1.807, 2.05) is 53.2 Å². The number of rotatable bonds is 11. The van der Waals surface area contributed by atoms with E-state index in [1.54, 1.807) is 12.1 Å². The number of carbonyl (C=O) groups is 1. The lowest BCUT2D eigenvalue weighted by molar-refractivity contribution is -0.134. The fourth-order valence-electron chi connectivity index (χ4n) is 6.10. The summed E-state index contributed by atoms with van der Waals surface area (Å²) in [5.41, 5.74) is 7.42. The molecule has 3 N–H and O–H groups in total. The number of aromatic nitrogens is 2. The number of anilines is 1. The third kappa shape index (κ3) is 7.59. The molecule has 1 aromatic heterocycles. The van der Waals surface area contributed by atoms with E-state index in [2.05, 4.69) is 41.7 Å². The number of aliphatic hydroxyl groups is 1. The van der Waals surface area contributed by atoms with Gasteiger partial charge >= 0.3 is 5.97 Å². The fraction of sp³-hybridized carbons (Fsp3) is 0.243. The second kappa shape index (κ2) is 13.9. The quantitative estimate of drug-likeness (QED) is 0.134. The predicted molar refractivity (Wildman–Crippen MR) is 181 cm³/mol. The zero-order chi connectivity index (χ0) is 31.3.